The van der Waals surface area contributed by atoms with Gasteiger partial charge >= 0.3 is 0 Å². The first-order valence-electron chi connectivity index (χ1n) is 7.04. The van der Waals surface area contributed by atoms with Gasteiger partial charge in [-0.05, 0) is 31.1 Å². The minimum atomic E-state index is -1.17. The molecule has 2 aliphatic rings. The zero-order valence-corrected chi connectivity index (χ0v) is 10.1. The first-order valence-corrected chi connectivity index (χ1v) is 7.04. The van der Waals surface area contributed by atoms with E-state index < -0.39 is 12.3 Å². The summed E-state index contributed by atoms with van der Waals surface area (Å²) in [6.45, 7) is 0. The van der Waals surface area contributed by atoms with Crippen LogP contribution in [-0.4, -0.2) is 12.3 Å². The molecule has 0 amide bonds. The van der Waals surface area contributed by atoms with Gasteiger partial charge in [-0.25, -0.2) is 8.78 Å². The van der Waals surface area contributed by atoms with Crippen molar-refractivity contribution in [2.45, 2.75) is 76.6 Å². The maximum Gasteiger partial charge on any atom is 0.131 e. The monoisotopic (exact) mass is 230 g/mol. The summed E-state index contributed by atoms with van der Waals surface area (Å²) in [6, 6.07) is 0. The van der Waals surface area contributed by atoms with Gasteiger partial charge in [-0.1, -0.05) is 44.9 Å². The van der Waals surface area contributed by atoms with E-state index in [0.717, 1.165) is 12.3 Å². The topological polar surface area (TPSA) is 0 Å². The largest absolute Gasteiger partial charge is 0.244 e. The molecule has 16 heavy (non-hydrogen) atoms. The van der Waals surface area contributed by atoms with Crippen LogP contribution in [0.5, 0.6) is 0 Å². The van der Waals surface area contributed by atoms with Crippen molar-refractivity contribution in [2.24, 2.45) is 11.8 Å². The van der Waals surface area contributed by atoms with Crippen molar-refractivity contribution in [3.05, 3.63) is 0 Å². The molecule has 0 aromatic rings. The molecule has 0 aromatic carbocycles. The molecule has 0 radical (unpaired) electrons. The highest BCUT2D eigenvalue weighted by Crippen LogP contribution is 2.36. The van der Waals surface area contributed by atoms with E-state index in [1.165, 1.54) is 44.9 Å². The van der Waals surface area contributed by atoms with Gasteiger partial charge in [-0.2, -0.15) is 0 Å². The normalized spacial score (nSPS) is 37.5. The number of hydrogen-bond donors (Lipinski definition) is 0. The molecule has 94 valence electrons. The van der Waals surface area contributed by atoms with Crippen molar-refractivity contribution >= 4 is 0 Å². The average molecular weight is 230 g/mol. The molecule has 0 nitrogen and oxygen atoms in total. The van der Waals surface area contributed by atoms with E-state index in [1.807, 2.05) is 0 Å². The molecule has 2 saturated carbocycles. The second kappa shape index (κ2) is 5.97. The van der Waals surface area contributed by atoms with Gasteiger partial charge in [0.25, 0.3) is 0 Å². The van der Waals surface area contributed by atoms with E-state index in [-0.39, 0.29) is 0 Å². The van der Waals surface area contributed by atoms with Crippen LogP contribution in [0.4, 0.5) is 8.78 Å². The Morgan fingerprint density at radius 3 is 1.75 bits per heavy atom. The number of hydrogen-bond acceptors (Lipinski definition) is 0. The molecule has 2 aliphatic carbocycles. The fraction of sp³-hybridized carbons (Fsp3) is 1.00. The first kappa shape index (κ1) is 12.3. The molecule has 0 N–H and O–H groups in total. The Morgan fingerprint density at radius 1 is 0.688 bits per heavy atom. The van der Waals surface area contributed by atoms with E-state index in [4.69, 9.17) is 0 Å². The quantitative estimate of drug-likeness (QED) is 0.609. The Labute approximate surface area is 97.8 Å². The van der Waals surface area contributed by atoms with Crippen LogP contribution in [0.1, 0.15) is 64.2 Å². The molecule has 0 aromatic heterocycles. The molecular formula is C14H24F2. The highest BCUT2D eigenvalue weighted by molar-refractivity contribution is 4.83. The molecule has 2 fully saturated rings. The number of halogens is 2. The lowest BCUT2D eigenvalue weighted by Gasteiger charge is -2.16. The van der Waals surface area contributed by atoms with Gasteiger partial charge in [0.05, 0.1) is 0 Å². The van der Waals surface area contributed by atoms with Gasteiger partial charge in [0.1, 0.15) is 12.3 Å². The van der Waals surface area contributed by atoms with Crippen LogP contribution >= 0.6 is 0 Å². The summed E-state index contributed by atoms with van der Waals surface area (Å²) in [4.78, 5) is 0. The van der Waals surface area contributed by atoms with Gasteiger partial charge in [-0.15, -0.1) is 0 Å². The van der Waals surface area contributed by atoms with E-state index >= 15 is 0 Å². The standard InChI is InChI=1S/C14H24F2/c15-13-9-12(10-14(13)16)8-7-11-5-3-1-2-4-6-11/h11-14H,1-10H2. The number of rotatable bonds is 3. The maximum absolute atomic E-state index is 13.0. The molecule has 0 aliphatic heterocycles. The van der Waals surface area contributed by atoms with Gasteiger partial charge in [0.15, 0.2) is 0 Å². The molecule has 2 heteroatoms. The lowest BCUT2D eigenvalue weighted by Crippen LogP contribution is -2.06. The predicted octanol–water partition coefficient (Wildman–Crippen LogP) is 4.82. The Morgan fingerprint density at radius 2 is 1.19 bits per heavy atom. The van der Waals surface area contributed by atoms with Crippen molar-refractivity contribution in [3.63, 3.8) is 0 Å². The van der Waals surface area contributed by atoms with Gasteiger partial charge in [-0.3, -0.25) is 0 Å². The Bertz CT molecular complexity index is 185. The minimum absolute atomic E-state index is 0.327. The summed E-state index contributed by atoms with van der Waals surface area (Å²) in [5.74, 6) is 1.17. The van der Waals surface area contributed by atoms with Crippen LogP contribution in [-0.2, 0) is 0 Å². The van der Waals surface area contributed by atoms with E-state index in [0.29, 0.717) is 18.8 Å². The summed E-state index contributed by atoms with van der Waals surface area (Å²) in [6.07, 6.45) is 9.11. The minimum Gasteiger partial charge on any atom is -0.244 e. The zero-order chi connectivity index (χ0) is 11.4. The van der Waals surface area contributed by atoms with Crippen LogP contribution in [0.25, 0.3) is 0 Å². The first-order chi connectivity index (χ1) is 7.75. The second-order valence-electron chi connectivity index (χ2n) is 5.80. The Hall–Kier alpha value is -0.140. The van der Waals surface area contributed by atoms with Crippen molar-refractivity contribution in [2.75, 3.05) is 0 Å². The van der Waals surface area contributed by atoms with Crippen molar-refractivity contribution < 1.29 is 8.78 Å². The highest BCUT2D eigenvalue weighted by atomic mass is 19.2. The average Bonchev–Trinajstić information content (AvgIpc) is 2.50. The second-order valence-corrected chi connectivity index (χ2v) is 5.80. The van der Waals surface area contributed by atoms with Gasteiger partial charge < -0.3 is 0 Å². The summed E-state index contributed by atoms with van der Waals surface area (Å²) >= 11 is 0. The van der Waals surface area contributed by atoms with Gasteiger partial charge in [0.2, 0.25) is 0 Å². The Kier molecular flexibility index (Phi) is 4.60. The summed E-state index contributed by atoms with van der Waals surface area (Å²) in [7, 11) is 0. The number of alkyl halides is 2. The third kappa shape index (κ3) is 3.43. The summed E-state index contributed by atoms with van der Waals surface area (Å²) in [5, 5.41) is 0. The molecule has 0 spiro atoms. The molecule has 0 bridgehead atoms. The van der Waals surface area contributed by atoms with E-state index in [2.05, 4.69) is 0 Å². The predicted molar refractivity (Wildman–Crippen MR) is 62.9 cm³/mol. The van der Waals surface area contributed by atoms with Crippen LogP contribution < -0.4 is 0 Å². The van der Waals surface area contributed by atoms with Crippen molar-refractivity contribution in [3.8, 4) is 0 Å². The van der Waals surface area contributed by atoms with E-state index in [1.54, 1.807) is 0 Å². The fourth-order valence-electron chi connectivity index (χ4n) is 3.39. The third-order valence-corrected chi connectivity index (χ3v) is 4.47. The molecule has 0 heterocycles. The third-order valence-electron chi connectivity index (χ3n) is 4.47. The fourth-order valence-corrected chi connectivity index (χ4v) is 3.39. The van der Waals surface area contributed by atoms with Crippen LogP contribution in [0.3, 0.4) is 0 Å². The lowest BCUT2D eigenvalue weighted by molar-refractivity contribution is 0.199. The van der Waals surface area contributed by atoms with E-state index in [9.17, 15) is 8.78 Å². The van der Waals surface area contributed by atoms with Crippen LogP contribution in [0.2, 0.25) is 0 Å². The lowest BCUT2D eigenvalue weighted by atomic mass is 9.90. The zero-order valence-electron chi connectivity index (χ0n) is 10.1. The highest BCUT2D eigenvalue weighted by Gasteiger charge is 2.34. The maximum atomic E-state index is 13.0. The van der Waals surface area contributed by atoms with Crippen LogP contribution in [0, 0.1) is 11.8 Å². The molecular weight excluding hydrogens is 206 g/mol. The van der Waals surface area contributed by atoms with Crippen LogP contribution in [0.15, 0.2) is 0 Å². The molecule has 2 atom stereocenters. The smallest absolute Gasteiger partial charge is 0.131 e. The SMILES string of the molecule is FC1CC(CCC2CCCCCC2)CC1F. The summed E-state index contributed by atoms with van der Waals surface area (Å²) < 4.78 is 26.0. The summed E-state index contributed by atoms with van der Waals surface area (Å²) in [5.41, 5.74) is 0. The van der Waals surface area contributed by atoms with Crippen molar-refractivity contribution in [1.82, 2.24) is 0 Å². The Balaban J connectivity index is 1.66. The van der Waals surface area contributed by atoms with Gasteiger partial charge in [0, 0.05) is 0 Å². The molecule has 2 rings (SSSR count). The molecule has 0 saturated heterocycles. The van der Waals surface area contributed by atoms with Crippen molar-refractivity contribution in [1.29, 1.82) is 0 Å². The molecule has 2 unspecified atom stereocenters.